The molecule has 102 valence electrons. The number of rotatable bonds is 2. The topological polar surface area (TPSA) is 88.8 Å². The largest absolute Gasteiger partial charge is 0.381 e. The second kappa shape index (κ2) is 4.58. The maximum absolute atomic E-state index is 14.0. The van der Waals surface area contributed by atoms with Gasteiger partial charge in [0.05, 0.1) is 30.1 Å². The Morgan fingerprint density at radius 3 is 3.00 bits per heavy atom. The summed E-state index contributed by atoms with van der Waals surface area (Å²) < 4.78 is 14.0. The lowest BCUT2D eigenvalue weighted by Crippen LogP contribution is -2.31. The summed E-state index contributed by atoms with van der Waals surface area (Å²) in [6, 6.07) is 6.21. The number of hydrogen-bond donors (Lipinski definition) is 2. The summed E-state index contributed by atoms with van der Waals surface area (Å²) in [7, 11) is 0. The Morgan fingerprint density at radius 1 is 1.50 bits per heavy atom. The molecule has 1 saturated heterocycles. The highest BCUT2D eigenvalue weighted by molar-refractivity contribution is 5.52. The number of nitrogens with zero attached hydrogens (tertiary/aromatic N) is 4. The summed E-state index contributed by atoms with van der Waals surface area (Å²) in [5.74, 6) is -0.464. The minimum Gasteiger partial charge on any atom is -0.381 e. The molecule has 1 aliphatic rings. The summed E-state index contributed by atoms with van der Waals surface area (Å²) in [6.07, 6.45) is 1.91. The minimum atomic E-state index is -1.13. The predicted molar refractivity (Wildman–Crippen MR) is 68.2 cm³/mol. The van der Waals surface area contributed by atoms with Crippen molar-refractivity contribution in [2.45, 2.75) is 12.0 Å². The van der Waals surface area contributed by atoms with Crippen LogP contribution in [-0.2, 0) is 5.60 Å². The molecule has 7 heteroatoms. The first-order valence-electron chi connectivity index (χ1n) is 6.16. The second-order valence-electron chi connectivity index (χ2n) is 4.84. The van der Waals surface area contributed by atoms with E-state index in [0.717, 1.165) is 0 Å². The molecule has 1 fully saturated rings. The number of H-pyrrole nitrogens is 1. The lowest BCUT2D eigenvalue weighted by Gasteiger charge is -2.22. The van der Waals surface area contributed by atoms with E-state index in [1.54, 1.807) is 17.0 Å². The van der Waals surface area contributed by atoms with Crippen LogP contribution in [-0.4, -0.2) is 33.6 Å². The van der Waals surface area contributed by atoms with Gasteiger partial charge in [0.2, 0.25) is 0 Å². The number of aromatic nitrogens is 3. The SMILES string of the molecule is N#Cc1ccc(N2CCC(O)(c3cn[nH]n3)C2)c(F)c1. The standard InChI is InChI=1S/C13H12FN5O/c14-10-5-9(6-15)1-2-11(10)19-4-3-13(20,8-19)12-7-16-18-17-12/h1-2,5,7,20H,3-4,8H2,(H,16,17,18). The van der Waals surface area contributed by atoms with Crippen LogP contribution in [0.3, 0.4) is 0 Å². The van der Waals surface area contributed by atoms with Crippen LogP contribution in [0.15, 0.2) is 24.4 Å². The zero-order valence-electron chi connectivity index (χ0n) is 10.5. The third kappa shape index (κ3) is 2.00. The summed E-state index contributed by atoms with van der Waals surface area (Å²) in [5, 5.41) is 29.3. The number of aromatic amines is 1. The minimum absolute atomic E-state index is 0.238. The van der Waals surface area contributed by atoms with E-state index in [1.165, 1.54) is 12.3 Å². The number of nitriles is 1. The van der Waals surface area contributed by atoms with Gasteiger partial charge in [-0.25, -0.2) is 4.39 Å². The molecule has 0 saturated carbocycles. The molecule has 1 aromatic carbocycles. The Bertz CT molecular complexity index is 666. The average molecular weight is 273 g/mol. The smallest absolute Gasteiger partial charge is 0.147 e. The molecule has 6 nitrogen and oxygen atoms in total. The maximum atomic E-state index is 14.0. The van der Waals surface area contributed by atoms with Crippen molar-refractivity contribution in [2.24, 2.45) is 0 Å². The Morgan fingerprint density at radius 2 is 2.35 bits per heavy atom. The highest BCUT2D eigenvalue weighted by Crippen LogP contribution is 2.34. The summed E-state index contributed by atoms with van der Waals surface area (Å²) in [5.41, 5.74) is -0.0254. The fraction of sp³-hybridized carbons (Fsp3) is 0.308. The van der Waals surface area contributed by atoms with Crippen LogP contribution < -0.4 is 4.90 Å². The van der Waals surface area contributed by atoms with E-state index in [0.29, 0.717) is 24.3 Å². The Labute approximate surface area is 114 Å². The maximum Gasteiger partial charge on any atom is 0.147 e. The van der Waals surface area contributed by atoms with Crippen molar-refractivity contribution in [3.63, 3.8) is 0 Å². The molecule has 1 aliphatic heterocycles. The van der Waals surface area contributed by atoms with Gasteiger partial charge >= 0.3 is 0 Å². The zero-order valence-corrected chi connectivity index (χ0v) is 10.5. The van der Waals surface area contributed by atoms with E-state index < -0.39 is 11.4 Å². The van der Waals surface area contributed by atoms with E-state index in [-0.39, 0.29) is 12.1 Å². The Balaban J connectivity index is 1.86. The molecule has 3 rings (SSSR count). The molecule has 2 aromatic rings. The van der Waals surface area contributed by atoms with E-state index in [4.69, 9.17) is 5.26 Å². The number of benzene rings is 1. The van der Waals surface area contributed by atoms with Crippen molar-refractivity contribution >= 4 is 5.69 Å². The molecule has 1 unspecified atom stereocenters. The molecule has 0 aliphatic carbocycles. The van der Waals surface area contributed by atoms with Crippen molar-refractivity contribution in [3.8, 4) is 6.07 Å². The van der Waals surface area contributed by atoms with Gasteiger partial charge in [0.15, 0.2) is 0 Å². The second-order valence-corrected chi connectivity index (χ2v) is 4.84. The molecule has 2 heterocycles. The van der Waals surface area contributed by atoms with Crippen molar-refractivity contribution in [3.05, 3.63) is 41.5 Å². The van der Waals surface area contributed by atoms with Gasteiger partial charge in [0, 0.05) is 13.0 Å². The van der Waals surface area contributed by atoms with Crippen LogP contribution in [0, 0.1) is 17.1 Å². The molecular weight excluding hydrogens is 261 g/mol. The molecule has 1 atom stereocenters. The van der Waals surface area contributed by atoms with Gasteiger partial charge in [0.1, 0.15) is 17.1 Å². The van der Waals surface area contributed by atoms with Crippen LogP contribution in [0.2, 0.25) is 0 Å². The van der Waals surface area contributed by atoms with E-state index >= 15 is 0 Å². The number of nitrogens with one attached hydrogen (secondary N) is 1. The number of β-amino-alcohol motifs (C(OH)–C–C–N with tert-alkyl or cyclic N) is 1. The third-order valence-electron chi connectivity index (χ3n) is 3.56. The first-order chi connectivity index (χ1) is 9.62. The van der Waals surface area contributed by atoms with Gasteiger partial charge in [-0.05, 0) is 18.2 Å². The Kier molecular flexibility index (Phi) is 2.88. The van der Waals surface area contributed by atoms with Gasteiger partial charge in [-0.1, -0.05) is 0 Å². The molecule has 2 N–H and O–H groups in total. The van der Waals surface area contributed by atoms with Gasteiger partial charge in [-0.2, -0.15) is 20.7 Å². The van der Waals surface area contributed by atoms with Crippen molar-refractivity contribution in [1.29, 1.82) is 5.26 Å². The van der Waals surface area contributed by atoms with Gasteiger partial charge < -0.3 is 10.0 Å². The molecule has 0 amide bonds. The highest BCUT2D eigenvalue weighted by atomic mass is 19.1. The molecule has 1 aromatic heterocycles. The van der Waals surface area contributed by atoms with Gasteiger partial charge in [-0.15, -0.1) is 0 Å². The first-order valence-corrected chi connectivity index (χ1v) is 6.16. The fourth-order valence-corrected chi connectivity index (χ4v) is 2.47. The summed E-state index contributed by atoms with van der Waals surface area (Å²) >= 11 is 0. The summed E-state index contributed by atoms with van der Waals surface area (Å²) in [4.78, 5) is 1.74. The first kappa shape index (κ1) is 12.6. The number of halogens is 1. The molecule has 0 radical (unpaired) electrons. The highest BCUT2D eigenvalue weighted by Gasteiger charge is 2.40. The Hall–Kier alpha value is -2.46. The van der Waals surface area contributed by atoms with Crippen molar-refractivity contribution < 1.29 is 9.50 Å². The molecule has 0 spiro atoms. The summed E-state index contributed by atoms with van der Waals surface area (Å²) in [6.45, 7) is 0.745. The third-order valence-corrected chi connectivity index (χ3v) is 3.56. The van der Waals surface area contributed by atoms with Crippen LogP contribution >= 0.6 is 0 Å². The zero-order chi connectivity index (χ0) is 14.2. The van der Waals surface area contributed by atoms with Gasteiger partial charge in [-0.3, -0.25) is 0 Å². The lowest BCUT2D eigenvalue weighted by molar-refractivity contribution is 0.0559. The van der Waals surface area contributed by atoms with Crippen LogP contribution in [0.1, 0.15) is 17.7 Å². The molecule has 0 bridgehead atoms. The van der Waals surface area contributed by atoms with E-state index in [1.807, 2.05) is 6.07 Å². The molecular formula is C13H12FN5O. The monoisotopic (exact) mass is 273 g/mol. The predicted octanol–water partition coefficient (Wildman–Crippen LogP) is 0.913. The normalized spacial score (nSPS) is 21.9. The van der Waals surface area contributed by atoms with Crippen molar-refractivity contribution in [1.82, 2.24) is 15.4 Å². The number of hydrogen-bond acceptors (Lipinski definition) is 5. The molecule has 20 heavy (non-hydrogen) atoms. The van der Waals surface area contributed by atoms with Crippen LogP contribution in [0.25, 0.3) is 0 Å². The van der Waals surface area contributed by atoms with Gasteiger partial charge in [0.25, 0.3) is 0 Å². The van der Waals surface area contributed by atoms with Crippen LogP contribution in [0.4, 0.5) is 10.1 Å². The average Bonchev–Trinajstić information content (AvgIpc) is 3.09. The lowest BCUT2D eigenvalue weighted by atomic mass is 10.00. The van der Waals surface area contributed by atoms with E-state index in [9.17, 15) is 9.50 Å². The number of aliphatic hydroxyl groups is 1. The number of anilines is 1. The van der Waals surface area contributed by atoms with Crippen molar-refractivity contribution in [2.75, 3.05) is 18.0 Å². The van der Waals surface area contributed by atoms with Crippen LogP contribution in [0.5, 0.6) is 0 Å². The van der Waals surface area contributed by atoms with E-state index in [2.05, 4.69) is 15.4 Å². The quantitative estimate of drug-likeness (QED) is 0.849. The fourth-order valence-electron chi connectivity index (χ4n) is 2.47.